The molecule has 0 fully saturated rings. The van der Waals surface area contributed by atoms with Crippen LogP contribution in [0.15, 0.2) is 30.3 Å². The number of nitrogens with one attached hydrogen (secondary N) is 1. The van der Waals surface area contributed by atoms with Crippen molar-refractivity contribution in [3.8, 4) is 0 Å². The van der Waals surface area contributed by atoms with Crippen LogP contribution in [0.25, 0.3) is 0 Å². The second-order valence-electron chi connectivity index (χ2n) is 6.62. The Morgan fingerprint density at radius 1 is 1.17 bits per heavy atom. The van der Waals surface area contributed by atoms with Crippen LogP contribution < -0.4 is 5.32 Å². The van der Waals surface area contributed by atoms with Crippen LogP contribution in [0.2, 0.25) is 0 Å². The second kappa shape index (κ2) is 4.62. The standard InChI is InChI=1S/C18H15F2NO3/c1-17(2)11-4-3-10(7-9(11)8-24-17)18(23)12-5-6-13(19)14(20)15(12)21-16(18)22/h3-7,23H,8H2,1-2H3,(H,21,22). The zero-order valence-electron chi connectivity index (χ0n) is 13.1. The molecular weight excluding hydrogens is 316 g/mol. The van der Waals surface area contributed by atoms with Gasteiger partial charge in [-0.2, -0.15) is 0 Å². The lowest BCUT2D eigenvalue weighted by atomic mass is 9.84. The van der Waals surface area contributed by atoms with Gasteiger partial charge in [0.05, 0.1) is 17.9 Å². The maximum Gasteiger partial charge on any atom is 0.265 e. The topological polar surface area (TPSA) is 58.6 Å². The van der Waals surface area contributed by atoms with Crippen LogP contribution in [0.1, 0.15) is 36.1 Å². The quantitative estimate of drug-likeness (QED) is 0.845. The highest BCUT2D eigenvalue weighted by Crippen LogP contribution is 2.44. The largest absolute Gasteiger partial charge is 0.372 e. The van der Waals surface area contributed by atoms with Crippen molar-refractivity contribution in [1.82, 2.24) is 0 Å². The maximum absolute atomic E-state index is 13.9. The molecule has 0 aliphatic carbocycles. The number of carbonyl (C=O) groups is 1. The molecular formula is C18H15F2NO3. The van der Waals surface area contributed by atoms with Crippen LogP contribution in [0.4, 0.5) is 14.5 Å². The molecule has 6 heteroatoms. The van der Waals surface area contributed by atoms with Crippen molar-refractivity contribution in [2.75, 3.05) is 5.32 Å². The highest BCUT2D eigenvalue weighted by molar-refractivity contribution is 6.07. The molecule has 2 heterocycles. The Bertz CT molecular complexity index is 894. The first-order chi connectivity index (χ1) is 11.2. The summed E-state index contributed by atoms with van der Waals surface area (Å²) in [5.74, 6) is -3.06. The molecule has 24 heavy (non-hydrogen) atoms. The summed E-state index contributed by atoms with van der Waals surface area (Å²) in [5.41, 5.74) is -0.699. The number of rotatable bonds is 1. The first-order valence-corrected chi connectivity index (χ1v) is 7.55. The minimum absolute atomic E-state index is 0.00419. The lowest BCUT2D eigenvalue weighted by molar-refractivity contribution is -0.129. The van der Waals surface area contributed by atoms with Crippen molar-refractivity contribution in [2.24, 2.45) is 0 Å². The highest BCUT2D eigenvalue weighted by Gasteiger charge is 2.49. The summed E-state index contributed by atoms with van der Waals surface area (Å²) in [6.07, 6.45) is 0. The fraction of sp³-hybridized carbons (Fsp3) is 0.278. The van der Waals surface area contributed by atoms with Gasteiger partial charge in [0.15, 0.2) is 17.2 Å². The van der Waals surface area contributed by atoms with E-state index < -0.39 is 28.7 Å². The molecule has 2 aliphatic heterocycles. The van der Waals surface area contributed by atoms with E-state index in [1.165, 1.54) is 6.07 Å². The van der Waals surface area contributed by atoms with Crippen LogP contribution >= 0.6 is 0 Å². The first-order valence-electron chi connectivity index (χ1n) is 7.55. The molecule has 0 radical (unpaired) electrons. The predicted molar refractivity (Wildman–Crippen MR) is 82.2 cm³/mol. The van der Waals surface area contributed by atoms with Crippen molar-refractivity contribution in [1.29, 1.82) is 0 Å². The lowest BCUT2D eigenvalue weighted by Crippen LogP contribution is -2.35. The number of benzene rings is 2. The number of amides is 1. The molecule has 0 saturated carbocycles. The SMILES string of the molecule is CC1(C)OCc2cc(C3(O)C(=O)Nc4c3ccc(F)c4F)ccc21. The summed E-state index contributed by atoms with van der Waals surface area (Å²) in [5, 5.41) is 13.3. The molecule has 0 bridgehead atoms. The fourth-order valence-electron chi connectivity index (χ4n) is 3.45. The normalized spacial score (nSPS) is 23.8. The lowest BCUT2D eigenvalue weighted by Gasteiger charge is -2.23. The molecule has 2 aromatic rings. The Balaban J connectivity index is 1.89. The number of halogens is 2. The van der Waals surface area contributed by atoms with Crippen LogP contribution in [0.5, 0.6) is 0 Å². The Labute approximate surface area is 137 Å². The van der Waals surface area contributed by atoms with Crippen molar-refractivity contribution in [3.05, 3.63) is 64.2 Å². The van der Waals surface area contributed by atoms with Gasteiger partial charge < -0.3 is 15.2 Å². The molecule has 124 valence electrons. The van der Waals surface area contributed by atoms with Gasteiger partial charge in [0, 0.05) is 5.56 Å². The van der Waals surface area contributed by atoms with E-state index >= 15 is 0 Å². The number of fused-ring (bicyclic) bond motifs is 2. The minimum Gasteiger partial charge on any atom is -0.372 e. The molecule has 1 atom stereocenters. The zero-order valence-corrected chi connectivity index (χ0v) is 13.1. The second-order valence-corrected chi connectivity index (χ2v) is 6.62. The molecule has 4 rings (SSSR count). The van der Waals surface area contributed by atoms with Gasteiger partial charge in [-0.1, -0.05) is 18.2 Å². The molecule has 0 saturated heterocycles. The highest BCUT2D eigenvalue weighted by atomic mass is 19.2. The molecule has 0 spiro atoms. The minimum atomic E-state index is -2.06. The van der Waals surface area contributed by atoms with E-state index in [0.717, 1.165) is 17.2 Å². The van der Waals surface area contributed by atoms with Crippen LogP contribution in [-0.4, -0.2) is 11.0 Å². The zero-order chi connectivity index (χ0) is 17.3. The van der Waals surface area contributed by atoms with E-state index in [1.807, 2.05) is 13.8 Å². The molecule has 1 amide bonds. The summed E-state index contributed by atoms with van der Waals surface area (Å²) >= 11 is 0. The Kier molecular flexibility index (Phi) is 2.93. The predicted octanol–water partition coefficient (Wildman–Crippen LogP) is 2.92. The van der Waals surface area contributed by atoms with Crippen molar-refractivity contribution in [2.45, 2.75) is 31.7 Å². The number of anilines is 1. The summed E-state index contributed by atoms with van der Waals surface area (Å²) in [7, 11) is 0. The average Bonchev–Trinajstić information content (AvgIpc) is 2.99. The van der Waals surface area contributed by atoms with Gasteiger partial charge in [-0.05, 0) is 42.7 Å². The van der Waals surface area contributed by atoms with E-state index in [2.05, 4.69) is 5.32 Å². The summed E-state index contributed by atoms with van der Waals surface area (Å²) in [6, 6.07) is 7.21. The molecule has 2 N–H and O–H groups in total. The van der Waals surface area contributed by atoms with Gasteiger partial charge in [-0.3, -0.25) is 4.79 Å². The molecule has 1 unspecified atom stereocenters. The molecule has 2 aliphatic rings. The van der Waals surface area contributed by atoms with Gasteiger partial charge in [0.1, 0.15) is 0 Å². The van der Waals surface area contributed by atoms with Gasteiger partial charge >= 0.3 is 0 Å². The summed E-state index contributed by atoms with van der Waals surface area (Å²) < 4.78 is 33.0. The first kappa shape index (κ1) is 15.2. The van der Waals surface area contributed by atoms with Crippen LogP contribution in [-0.2, 0) is 27.3 Å². The molecule has 4 nitrogen and oxygen atoms in total. The fourth-order valence-corrected chi connectivity index (χ4v) is 3.45. The van der Waals surface area contributed by atoms with Gasteiger partial charge in [-0.25, -0.2) is 8.78 Å². The van der Waals surface area contributed by atoms with E-state index in [1.54, 1.807) is 18.2 Å². The Hall–Kier alpha value is -2.31. The molecule has 2 aromatic carbocycles. The maximum atomic E-state index is 13.9. The van der Waals surface area contributed by atoms with E-state index in [9.17, 15) is 18.7 Å². The summed E-state index contributed by atoms with van der Waals surface area (Å²) in [4.78, 5) is 12.4. The third-order valence-electron chi connectivity index (χ3n) is 4.81. The van der Waals surface area contributed by atoms with Crippen molar-refractivity contribution in [3.63, 3.8) is 0 Å². The number of hydrogen-bond donors (Lipinski definition) is 2. The van der Waals surface area contributed by atoms with E-state index in [4.69, 9.17) is 4.74 Å². The third kappa shape index (κ3) is 1.81. The number of aliphatic hydroxyl groups is 1. The number of carbonyl (C=O) groups excluding carboxylic acids is 1. The van der Waals surface area contributed by atoms with Crippen molar-refractivity contribution >= 4 is 11.6 Å². The summed E-state index contributed by atoms with van der Waals surface area (Å²) in [6.45, 7) is 4.23. The van der Waals surface area contributed by atoms with Crippen molar-refractivity contribution < 1.29 is 23.4 Å². The van der Waals surface area contributed by atoms with Gasteiger partial charge in [0.25, 0.3) is 5.91 Å². The smallest absolute Gasteiger partial charge is 0.265 e. The third-order valence-corrected chi connectivity index (χ3v) is 4.81. The van der Waals surface area contributed by atoms with Gasteiger partial charge in [0.2, 0.25) is 0 Å². The van der Waals surface area contributed by atoms with Crippen LogP contribution in [0, 0.1) is 11.6 Å². The Morgan fingerprint density at radius 2 is 1.88 bits per heavy atom. The van der Waals surface area contributed by atoms with E-state index in [0.29, 0.717) is 12.2 Å². The van der Waals surface area contributed by atoms with E-state index in [-0.39, 0.29) is 11.3 Å². The Morgan fingerprint density at radius 3 is 2.62 bits per heavy atom. The average molecular weight is 331 g/mol. The van der Waals surface area contributed by atoms with Crippen LogP contribution in [0.3, 0.4) is 0 Å². The molecule has 0 aromatic heterocycles. The monoisotopic (exact) mass is 331 g/mol. The van der Waals surface area contributed by atoms with Gasteiger partial charge in [-0.15, -0.1) is 0 Å². The number of ether oxygens (including phenoxy) is 1. The number of hydrogen-bond acceptors (Lipinski definition) is 3.